The van der Waals surface area contributed by atoms with Crippen molar-refractivity contribution in [3.05, 3.63) is 109 Å². The molecule has 5 aromatic rings. The summed E-state index contributed by atoms with van der Waals surface area (Å²) in [5, 5.41) is 2.83. The van der Waals surface area contributed by atoms with Crippen molar-refractivity contribution < 1.29 is 21.6 Å². The topological polar surface area (TPSA) is 130 Å². The number of sulfonamides is 2. The van der Waals surface area contributed by atoms with Gasteiger partial charge in [0.15, 0.2) is 0 Å². The summed E-state index contributed by atoms with van der Waals surface area (Å²) in [5.41, 5.74) is 2.12. The molecule has 0 unspecified atom stereocenters. The molecule has 0 saturated carbocycles. The second-order valence-electron chi connectivity index (χ2n) is 9.50. The van der Waals surface area contributed by atoms with Gasteiger partial charge in [-0.15, -0.1) is 0 Å². The molecule has 12 heteroatoms. The quantitative estimate of drug-likeness (QED) is 0.222. The highest BCUT2D eigenvalue weighted by Crippen LogP contribution is 2.28. The van der Waals surface area contributed by atoms with Crippen molar-refractivity contribution in [2.75, 3.05) is 21.4 Å². The Morgan fingerprint density at radius 3 is 2.17 bits per heavy atom. The van der Waals surface area contributed by atoms with Crippen molar-refractivity contribution in [3.63, 3.8) is 0 Å². The summed E-state index contributed by atoms with van der Waals surface area (Å²) in [4.78, 5) is 18.2. The van der Waals surface area contributed by atoms with Gasteiger partial charge in [-0.2, -0.15) is 0 Å². The van der Waals surface area contributed by atoms with Gasteiger partial charge in [0.2, 0.25) is 5.95 Å². The van der Waals surface area contributed by atoms with Crippen LogP contribution in [-0.4, -0.2) is 39.3 Å². The molecule has 1 amide bonds. The fourth-order valence-electron chi connectivity index (χ4n) is 4.46. The molecular weight excluding hydrogens is 574 g/mol. The Labute approximate surface area is 244 Å². The molecule has 0 spiro atoms. The molecule has 5 rings (SSSR count). The van der Waals surface area contributed by atoms with Gasteiger partial charge in [-0.1, -0.05) is 49.4 Å². The van der Waals surface area contributed by atoms with Gasteiger partial charge in [-0.05, 0) is 67.1 Å². The van der Waals surface area contributed by atoms with Crippen molar-refractivity contribution in [1.29, 1.82) is 0 Å². The summed E-state index contributed by atoms with van der Waals surface area (Å²) in [5.74, 6) is -0.190. The molecule has 216 valence electrons. The lowest BCUT2D eigenvalue weighted by molar-refractivity contribution is 0.102. The summed E-state index contributed by atoms with van der Waals surface area (Å²) >= 11 is 0. The van der Waals surface area contributed by atoms with E-state index in [0.29, 0.717) is 17.7 Å². The minimum absolute atomic E-state index is 0.106. The minimum atomic E-state index is -3.83. The first-order chi connectivity index (χ1) is 20.1. The number of carbonyl (C=O) groups excluding carboxylic acids is 1. The Morgan fingerprint density at radius 2 is 1.50 bits per heavy atom. The second kappa shape index (κ2) is 11.7. The van der Waals surface area contributed by atoms with Gasteiger partial charge < -0.3 is 4.57 Å². The van der Waals surface area contributed by atoms with Crippen molar-refractivity contribution in [1.82, 2.24) is 9.55 Å². The highest BCUT2D eigenvalue weighted by Gasteiger charge is 2.23. The van der Waals surface area contributed by atoms with Gasteiger partial charge in [0.05, 0.1) is 26.5 Å². The van der Waals surface area contributed by atoms with Gasteiger partial charge in [0.25, 0.3) is 26.0 Å². The predicted octanol–water partition coefficient (Wildman–Crippen LogP) is 5.32. The lowest BCUT2D eigenvalue weighted by Crippen LogP contribution is -2.26. The minimum Gasteiger partial charge on any atom is -0.310 e. The smallest absolute Gasteiger partial charge is 0.264 e. The van der Waals surface area contributed by atoms with E-state index in [4.69, 9.17) is 0 Å². The normalized spacial score (nSPS) is 11.8. The van der Waals surface area contributed by atoms with Crippen LogP contribution in [0.2, 0.25) is 0 Å². The third-order valence-electron chi connectivity index (χ3n) is 6.60. The molecule has 0 bridgehead atoms. The summed E-state index contributed by atoms with van der Waals surface area (Å²) in [6, 6.07) is 27.4. The van der Waals surface area contributed by atoms with E-state index in [-0.39, 0.29) is 27.0 Å². The van der Waals surface area contributed by atoms with Gasteiger partial charge >= 0.3 is 0 Å². The first-order valence-corrected chi connectivity index (χ1v) is 16.1. The number of benzene rings is 4. The van der Waals surface area contributed by atoms with E-state index in [9.17, 15) is 21.6 Å². The number of amides is 1. The Kier molecular flexibility index (Phi) is 8.01. The van der Waals surface area contributed by atoms with E-state index in [1.807, 2.05) is 11.5 Å². The number of anilines is 3. The Balaban J connectivity index is 1.42. The fraction of sp³-hybridized carbons (Fsp3) is 0.133. The fourth-order valence-corrected chi connectivity index (χ4v) is 6.74. The van der Waals surface area contributed by atoms with Crippen LogP contribution in [0.1, 0.15) is 23.7 Å². The van der Waals surface area contributed by atoms with Crippen LogP contribution < -0.4 is 14.3 Å². The molecule has 0 aliphatic heterocycles. The summed E-state index contributed by atoms with van der Waals surface area (Å²) in [7, 11) is -6.13. The average Bonchev–Trinajstić information content (AvgIpc) is 3.33. The number of hydrogen-bond donors (Lipinski definition) is 2. The zero-order chi connectivity index (χ0) is 29.9. The number of nitrogens with one attached hydrogen (secondary N) is 2. The molecule has 4 aromatic carbocycles. The van der Waals surface area contributed by atoms with Crippen LogP contribution in [0.4, 0.5) is 17.3 Å². The molecule has 0 fully saturated rings. The lowest BCUT2D eigenvalue weighted by Gasteiger charge is -2.19. The maximum atomic E-state index is 13.3. The number of aromatic nitrogens is 2. The molecule has 0 aliphatic carbocycles. The van der Waals surface area contributed by atoms with E-state index in [1.54, 1.807) is 72.8 Å². The van der Waals surface area contributed by atoms with Crippen LogP contribution in [0.5, 0.6) is 0 Å². The second-order valence-corrected chi connectivity index (χ2v) is 13.2. The Morgan fingerprint density at radius 1 is 0.833 bits per heavy atom. The van der Waals surface area contributed by atoms with E-state index in [2.05, 4.69) is 15.0 Å². The average molecular weight is 604 g/mol. The number of carbonyl (C=O) groups is 1. The first-order valence-electron chi connectivity index (χ1n) is 13.1. The summed E-state index contributed by atoms with van der Waals surface area (Å²) < 4.78 is 57.3. The van der Waals surface area contributed by atoms with Gasteiger partial charge in [-0.25, -0.2) is 21.8 Å². The molecule has 0 atom stereocenters. The monoisotopic (exact) mass is 603 g/mol. The maximum Gasteiger partial charge on any atom is 0.264 e. The third-order valence-corrected chi connectivity index (χ3v) is 9.80. The van der Waals surface area contributed by atoms with Gasteiger partial charge in [0, 0.05) is 24.8 Å². The van der Waals surface area contributed by atoms with Crippen molar-refractivity contribution >= 4 is 54.3 Å². The maximum absolute atomic E-state index is 13.3. The molecule has 10 nitrogen and oxygen atoms in total. The van der Waals surface area contributed by atoms with E-state index < -0.39 is 26.0 Å². The van der Waals surface area contributed by atoms with E-state index in [0.717, 1.165) is 11.9 Å². The number of aryl methyl sites for hydroxylation is 1. The van der Waals surface area contributed by atoms with Crippen LogP contribution in [-0.2, 0) is 26.6 Å². The molecule has 0 aliphatic rings. The summed E-state index contributed by atoms with van der Waals surface area (Å²) in [6.45, 7) is 2.55. The number of nitrogens with zero attached hydrogens (tertiary/aromatic N) is 3. The third kappa shape index (κ3) is 5.85. The van der Waals surface area contributed by atoms with Crippen molar-refractivity contribution in [3.8, 4) is 0 Å². The number of rotatable bonds is 10. The van der Waals surface area contributed by atoms with Crippen LogP contribution in [0, 0.1) is 0 Å². The number of hydrogen-bond acceptors (Lipinski definition) is 6. The zero-order valence-corrected chi connectivity index (χ0v) is 24.6. The molecule has 1 heterocycles. The zero-order valence-electron chi connectivity index (χ0n) is 22.9. The SMILES string of the molecule is CCCn1c(NC(=O)c2cccc(NS(=O)(=O)c3ccccc3)c2)nc2cc(N(C)S(=O)(=O)c3ccccc3)ccc21. The van der Waals surface area contributed by atoms with Gasteiger partial charge in [0.1, 0.15) is 0 Å². The Hall–Kier alpha value is -4.68. The number of imidazole rings is 1. The lowest BCUT2D eigenvalue weighted by atomic mass is 10.2. The Bertz CT molecular complexity index is 1960. The molecule has 1 aromatic heterocycles. The standard InChI is InChI=1S/C30H29N5O5S2/c1-3-19-35-28-18-17-24(34(2)42(39,40)26-15-8-5-9-16-26)21-27(28)31-30(35)32-29(36)22-11-10-12-23(20-22)33-41(37,38)25-13-6-4-7-14-25/h4-18,20-21,33H,3,19H2,1-2H3,(H,31,32,36). The summed E-state index contributed by atoms with van der Waals surface area (Å²) in [6.07, 6.45) is 0.759. The van der Waals surface area contributed by atoms with Crippen molar-refractivity contribution in [2.24, 2.45) is 0 Å². The predicted molar refractivity (Wildman–Crippen MR) is 164 cm³/mol. The van der Waals surface area contributed by atoms with Gasteiger partial charge in [-0.3, -0.25) is 19.1 Å². The van der Waals surface area contributed by atoms with Crippen molar-refractivity contribution in [2.45, 2.75) is 29.7 Å². The highest BCUT2D eigenvalue weighted by atomic mass is 32.2. The molecular formula is C30H29N5O5S2. The molecule has 0 saturated heterocycles. The largest absolute Gasteiger partial charge is 0.310 e. The molecule has 42 heavy (non-hydrogen) atoms. The molecule has 2 N–H and O–H groups in total. The highest BCUT2D eigenvalue weighted by molar-refractivity contribution is 7.93. The number of fused-ring (bicyclic) bond motifs is 1. The van der Waals surface area contributed by atoms with E-state index >= 15 is 0 Å². The van der Waals surface area contributed by atoms with Crippen LogP contribution in [0.25, 0.3) is 11.0 Å². The van der Waals surface area contributed by atoms with Crippen LogP contribution >= 0.6 is 0 Å². The van der Waals surface area contributed by atoms with Crippen LogP contribution in [0.3, 0.4) is 0 Å². The van der Waals surface area contributed by atoms with Crippen LogP contribution in [0.15, 0.2) is 113 Å². The molecule has 0 radical (unpaired) electrons. The van der Waals surface area contributed by atoms with E-state index in [1.165, 1.54) is 41.7 Å². The first kappa shape index (κ1) is 28.8.